The van der Waals surface area contributed by atoms with Crippen molar-refractivity contribution in [2.24, 2.45) is 5.92 Å². The van der Waals surface area contributed by atoms with E-state index in [-0.39, 0.29) is 5.60 Å². The lowest BCUT2D eigenvalue weighted by molar-refractivity contribution is -0.0444. The van der Waals surface area contributed by atoms with Crippen LogP contribution >= 0.6 is 0 Å². The van der Waals surface area contributed by atoms with Crippen molar-refractivity contribution in [1.29, 1.82) is 0 Å². The average Bonchev–Trinajstić information content (AvgIpc) is 3.02. The molecule has 0 aromatic carbocycles. The molecule has 1 aromatic heterocycles. The quantitative estimate of drug-likeness (QED) is 0.836. The third-order valence-electron chi connectivity index (χ3n) is 5.78. The third-order valence-corrected chi connectivity index (χ3v) is 5.78. The lowest BCUT2D eigenvalue weighted by Crippen LogP contribution is -2.45. The van der Waals surface area contributed by atoms with Gasteiger partial charge in [-0.05, 0) is 57.2 Å². The summed E-state index contributed by atoms with van der Waals surface area (Å²) >= 11 is 0. The number of ether oxygens (including phenoxy) is 1. The van der Waals surface area contributed by atoms with E-state index >= 15 is 0 Å². The molecule has 4 rings (SSSR count). The van der Waals surface area contributed by atoms with Gasteiger partial charge in [-0.1, -0.05) is 0 Å². The summed E-state index contributed by atoms with van der Waals surface area (Å²) in [6, 6.07) is 4.55. The molecule has 1 saturated carbocycles. The topological polar surface area (TPSA) is 28.9 Å². The van der Waals surface area contributed by atoms with E-state index in [0.717, 1.165) is 24.8 Å². The average molecular weight is 304 g/mol. The molecule has 122 valence electrons. The van der Waals surface area contributed by atoms with Gasteiger partial charge in [0.05, 0.1) is 25.0 Å². The summed E-state index contributed by atoms with van der Waals surface area (Å²) in [5.74, 6) is 2.05. The molecule has 3 heterocycles. The maximum Gasteiger partial charge on any atom is 0.117 e. The number of nitrogens with zero attached hydrogens (tertiary/aromatic N) is 2. The predicted octanol–water partition coefficient (Wildman–Crippen LogP) is 2.74. The van der Waals surface area contributed by atoms with E-state index < -0.39 is 0 Å². The Morgan fingerprint density at radius 1 is 1.32 bits per heavy atom. The highest BCUT2D eigenvalue weighted by Gasteiger charge is 2.44. The summed E-state index contributed by atoms with van der Waals surface area (Å²) in [6.45, 7) is 5.54. The minimum absolute atomic E-state index is 0.155. The summed E-state index contributed by atoms with van der Waals surface area (Å²) in [4.78, 5) is 5.05. The molecule has 2 saturated heterocycles. The normalized spacial score (nSPS) is 28.7. The number of hydrogen-bond acceptors (Lipinski definition) is 4. The first kappa shape index (κ1) is 14.7. The number of rotatable bonds is 5. The van der Waals surface area contributed by atoms with Crippen LogP contribution < -0.4 is 0 Å². The number of likely N-dealkylation sites (tertiary alicyclic amines) is 1. The Bertz CT molecular complexity index is 475. The second-order valence-corrected chi connectivity index (χ2v) is 7.59. The van der Waals surface area contributed by atoms with Gasteiger partial charge < -0.3 is 14.1 Å². The van der Waals surface area contributed by atoms with Crippen LogP contribution in [-0.4, -0.2) is 54.7 Å². The zero-order valence-corrected chi connectivity index (χ0v) is 13.7. The molecule has 2 aliphatic heterocycles. The fourth-order valence-corrected chi connectivity index (χ4v) is 4.04. The Kier molecular flexibility index (Phi) is 4.01. The molecule has 0 radical (unpaired) electrons. The van der Waals surface area contributed by atoms with Crippen LogP contribution in [-0.2, 0) is 11.3 Å². The van der Waals surface area contributed by atoms with Gasteiger partial charge in [0.15, 0.2) is 0 Å². The van der Waals surface area contributed by atoms with Crippen LogP contribution in [0.1, 0.15) is 37.9 Å². The second kappa shape index (κ2) is 5.99. The molecule has 1 aromatic rings. The highest BCUT2D eigenvalue weighted by atomic mass is 16.5. The van der Waals surface area contributed by atoms with Crippen molar-refractivity contribution in [2.75, 3.05) is 33.3 Å². The largest absolute Gasteiger partial charge is 0.468 e. The third kappa shape index (κ3) is 3.24. The maximum atomic E-state index is 6.30. The van der Waals surface area contributed by atoms with E-state index in [1.165, 1.54) is 51.7 Å². The van der Waals surface area contributed by atoms with Crippen molar-refractivity contribution in [3.63, 3.8) is 0 Å². The van der Waals surface area contributed by atoms with Crippen molar-refractivity contribution < 1.29 is 9.15 Å². The van der Waals surface area contributed by atoms with Gasteiger partial charge in [-0.2, -0.15) is 0 Å². The molecular weight excluding hydrogens is 276 g/mol. The van der Waals surface area contributed by atoms with Gasteiger partial charge in [-0.3, -0.25) is 4.90 Å². The summed E-state index contributed by atoms with van der Waals surface area (Å²) in [5, 5.41) is 0. The Morgan fingerprint density at radius 2 is 2.14 bits per heavy atom. The molecule has 4 nitrogen and oxygen atoms in total. The number of piperidine rings is 1. The summed E-state index contributed by atoms with van der Waals surface area (Å²) < 4.78 is 11.8. The molecule has 1 unspecified atom stereocenters. The molecule has 0 amide bonds. The Labute approximate surface area is 133 Å². The van der Waals surface area contributed by atoms with E-state index in [9.17, 15) is 0 Å². The van der Waals surface area contributed by atoms with Crippen molar-refractivity contribution in [2.45, 2.75) is 50.3 Å². The van der Waals surface area contributed by atoms with Crippen LogP contribution in [0.5, 0.6) is 0 Å². The summed E-state index contributed by atoms with van der Waals surface area (Å²) in [7, 11) is 2.19. The SMILES string of the molecule is CN(Cc1ccco1)C1COC2(CCN(CC3CC3)CC2)C1. The van der Waals surface area contributed by atoms with Gasteiger partial charge in [-0.15, -0.1) is 0 Å². The van der Waals surface area contributed by atoms with Gasteiger partial charge in [-0.25, -0.2) is 0 Å². The molecule has 1 spiro atoms. The predicted molar refractivity (Wildman–Crippen MR) is 85.7 cm³/mol. The summed E-state index contributed by atoms with van der Waals surface area (Å²) in [6.07, 6.45) is 8.28. The lowest BCUT2D eigenvalue weighted by atomic mass is 9.87. The minimum Gasteiger partial charge on any atom is -0.468 e. The lowest BCUT2D eigenvalue weighted by Gasteiger charge is -2.39. The number of hydrogen-bond donors (Lipinski definition) is 0. The van der Waals surface area contributed by atoms with Crippen molar-refractivity contribution in [3.05, 3.63) is 24.2 Å². The second-order valence-electron chi connectivity index (χ2n) is 7.59. The van der Waals surface area contributed by atoms with Crippen molar-refractivity contribution >= 4 is 0 Å². The summed E-state index contributed by atoms with van der Waals surface area (Å²) in [5.41, 5.74) is 0.155. The van der Waals surface area contributed by atoms with Gasteiger partial charge in [0.25, 0.3) is 0 Å². The smallest absolute Gasteiger partial charge is 0.117 e. The van der Waals surface area contributed by atoms with Crippen LogP contribution in [0.4, 0.5) is 0 Å². The van der Waals surface area contributed by atoms with Gasteiger partial charge in [0.2, 0.25) is 0 Å². The van der Waals surface area contributed by atoms with Gasteiger partial charge >= 0.3 is 0 Å². The highest BCUT2D eigenvalue weighted by molar-refractivity contribution is 5.01. The first-order chi connectivity index (χ1) is 10.7. The minimum atomic E-state index is 0.155. The monoisotopic (exact) mass is 304 g/mol. The Morgan fingerprint density at radius 3 is 2.82 bits per heavy atom. The van der Waals surface area contributed by atoms with E-state index in [1.807, 2.05) is 6.07 Å². The van der Waals surface area contributed by atoms with E-state index in [1.54, 1.807) is 6.26 Å². The number of likely N-dealkylation sites (N-methyl/N-ethyl adjacent to an activating group) is 1. The molecule has 3 fully saturated rings. The molecule has 22 heavy (non-hydrogen) atoms. The van der Waals surface area contributed by atoms with Crippen LogP contribution in [0.2, 0.25) is 0 Å². The van der Waals surface area contributed by atoms with E-state index in [0.29, 0.717) is 6.04 Å². The Hall–Kier alpha value is -0.840. The standard InChI is InChI=1S/C18H28N2O2/c1-19(13-17-3-2-10-21-17)16-11-18(22-14-16)6-8-20(9-7-18)12-15-4-5-15/h2-3,10,15-16H,4-9,11-14H2,1H3. The number of furan rings is 1. The molecule has 1 aliphatic carbocycles. The van der Waals surface area contributed by atoms with Crippen molar-refractivity contribution in [3.8, 4) is 0 Å². The molecule has 4 heteroatoms. The highest BCUT2D eigenvalue weighted by Crippen LogP contribution is 2.39. The van der Waals surface area contributed by atoms with Gasteiger partial charge in [0, 0.05) is 25.7 Å². The molecular formula is C18H28N2O2. The van der Waals surface area contributed by atoms with Crippen molar-refractivity contribution in [1.82, 2.24) is 9.80 Å². The van der Waals surface area contributed by atoms with Crippen LogP contribution in [0.25, 0.3) is 0 Å². The first-order valence-corrected chi connectivity index (χ1v) is 8.81. The maximum absolute atomic E-state index is 6.30. The zero-order valence-electron chi connectivity index (χ0n) is 13.7. The fraction of sp³-hybridized carbons (Fsp3) is 0.778. The molecule has 1 atom stereocenters. The first-order valence-electron chi connectivity index (χ1n) is 8.81. The van der Waals surface area contributed by atoms with Gasteiger partial charge in [0.1, 0.15) is 5.76 Å². The van der Waals surface area contributed by atoms with Crippen LogP contribution in [0.15, 0.2) is 22.8 Å². The molecule has 3 aliphatic rings. The Balaban J connectivity index is 1.28. The zero-order chi connectivity index (χ0) is 15.0. The van der Waals surface area contributed by atoms with Crippen LogP contribution in [0.3, 0.4) is 0 Å². The van der Waals surface area contributed by atoms with E-state index in [2.05, 4.69) is 22.9 Å². The molecule has 0 N–H and O–H groups in total. The van der Waals surface area contributed by atoms with Crippen LogP contribution in [0, 0.1) is 5.92 Å². The fourth-order valence-electron chi connectivity index (χ4n) is 4.04. The van der Waals surface area contributed by atoms with E-state index in [4.69, 9.17) is 9.15 Å². The molecule has 0 bridgehead atoms.